The summed E-state index contributed by atoms with van der Waals surface area (Å²) in [7, 11) is -4.39. The Hall–Kier alpha value is -0.430. The van der Waals surface area contributed by atoms with Crippen LogP contribution < -0.4 is 0 Å². The second-order valence-electron chi connectivity index (χ2n) is 13.1. The third-order valence-corrected chi connectivity index (χ3v) is 11.6. The molecule has 2 unspecified atom stereocenters. The SMILES string of the molecule is C[C@H](CCC1OC1(C)C)C1CC[C@H]2[C@@H]3CC=C4C[C@@H](OS(=O)(=O)O)CC[C@]4(C)[C@H]3CC[C@]12C. The lowest BCUT2D eigenvalue weighted by Crippen LogP contribution is -2.51. The Morgan fingerprint density at radius 1 is 1.12 bits per heavy atom. The number of rotatable bonds is 6. The lowest BCUT2D eigenvalue weighted by molar-refractivity contribution is -0.0560. The van der Waals surface area contributed by atoms with E-state index in [0.717, 1.165) is 36.5 Å². The Morgan fingerprint density at radius 2 is 1.85 bits per heavy atom. The molecule has 5 rings (SSSR count). The van der Waals surface area contributed by atoms with E-state index in [4.69, 9.17) is 13.5 Å². The van der Waals surface area contributed by atoms with Crippen LogP contribution in [0.1, 0.15) is 98.8 Å². The van der Waals surface area contributed by atoms with Crippen molar-refractivity contribution in [1.29, 1.82) is 0 Å². The van der Waals surface area contributed by atoms with Crippen molar-refractivity contribution in [2.24, 2.45) is 40.4 Å². The van der Waals surface area contributed by atoms with Crippen LogP contribution in [0.2, 0.25) is 0 Å². The van der Waals surface area contributed by atoms with E-state index in [1.807, 2.05) is 0 Å². The van der Waals surface area contributed by atoms with Gasteiger partial charge in [0.2, 0.25) is 0 Å². The highest BCUT2D eigenvalue weighted by Gasteiger charge is 2.59. The minimum atomic E-state index is -4.39. The van der Waals surface area contributed by atoms with Gasteiger partial charge in [0.1, 0.15) is 0 Å². The zero-order valence-corrected chi connectivity index (χ0v) is 22.0. The Labute approximate surface area is 201 Å². The fourth-order valence-electron chi connectivity index (χ4n) is 9.21. The highest BCUT2D eigenvalue weighted by Crippen LogP contribution is 2.67. The van der Waals surface area contributed by atoms with Gasteiger partial charge in [-0.25, -0.2) is 4.18 Å². The van der Waals surface area contributed by atoms with Crippen molar-refractivity contribution in [2.45, 2.75) is 117 Å². The van der Waals surface area contributed by atoms with Gasteiger partial charge < -0.3 is 4.74 Å². The van der Waals surface area contributed by atoms with Gasteiger partial charge in [0.15, 0.2) is 0 Å². The zero-order chi connectivity index (χ0) is 23.8. The monoisotopic (exact) mass is 480 g/mol. The van der Waals surface area contributed by atoms with Crippen LogP contribution in [0.3, 0.4) is 0 Å². The summed E-state index contributed by atoms with van der Waals surface area (Å²) in [5.74, 6) is 3.83. The normalized spacial score (nSPS) is 47.2. The summed E-state index contributed by atoms with van der Waals surface area (Å²) in [6, 6.07) is 0. The van der Waals surface area contributed by atoms with E-state index in [9.17, 15) is 8.42 Å². The summed E-state index contributed by atoms with van der Waals surface area (Å²) in [6.45, 7) is 12.0. The van der Waals surface area contributed by atoms with E-state index in [2.05, 4.69) is 40.7 Å². The first-order chi connectivity index (χ1) is 15.3. The number of ether oxygens (including phenoxy) is 1. The van der Waals surface area contributed by atoms with Crippen molar-refractivity contribution >= 4 is 10.4 Å². The fourth-order valence-corrected chi connectivity index (χ4v) is 9.72. The van der Waals surface area contributed by atoms with Gasteiger partial charge >= 0.3 is 10.4 Å². The number of epoxide rings is 1. The molecule has 3 saturated carbocycles. The van der Waals surface area contributed by atoms with Gasteiger partial charge in [0.05, 0.1) is 17.8 Å². The third kappa shape index (κ3) is 4.25. The van der Waals surface area contributed by atoms with E-state index in [1.165, 1.54) is 44.1 Å². The molecule has 0 spiro atoms. The highest BCUT2D eigenvalue weighted by atomic mass is 32.3. The van der Waals surface area contributed by atoms with Gasteiger partial charge in [-0.2, -0.15) is 8.42 Å². The largest absolute Gasteiger partial charge is 0.397 e. The zero-order valence-electron chi connectivity index (χ0n) is 21.2. The van der Waals surface area contributed by atoms with E-state index in [-0.39, 0.29) is 11.0 Å². The second kappa shape index (κ2) is 8.04. The Morgan fingerprint density at radius 3 is 2.52 bits per heavy atom. The van der Waals surface area contributed by atoms with Gasteiger partial charge in [-0.3, -0.25) is 4.55 Å². The molecule has 0 aromatic carbocycles. The summed E-state index contributed by atoms with van der Waals surface area (Å²) in [5.41, 5.74) is 2.09. The molecule has 0 aromatic heterocycles. The van der Waals surface area contributed by atoms with Crippen LogP contribution in [0, 0.1) is 40.4 Å². The van der Waals surface area contributed by atoms with Gasteiger partial charge in [-0.05, 0) is 118 Å². The molecule has 6 heteroatoms. The predicted molar refractivity (Wildman–Crippen MR) is 129 cm³/mol. The molecule has 5 nitrogen and oxygen atoms in total. The highest BCUT2D eigenvalue weighted by molar-refractivity contribution is 7.80. The average Bonchev–Trinajstić information content (AvgIpc) is 3.16. The topological polar surface area (TPSA) is 76.1 Å². The third-order valence-electron chi connectivity index (χ3n) is 11.1. The average molecular weight is 481 g/mol. The predicted octanol–water partition coefficient (Wildman–Crippen LogP) is 6.35. The minimum absolute atomic E-state index is 0.104. The first-order valence-corrected chi connectivity index (χ1v) is 14.7. The fraction of sp³-hybridized carbons (Fsp3) is 0.926. The summed E-state index contributed by atoms with van der Waals surface area (Å²) >= 11 is 0. The first kappa shape index (κ1) is 24.3. The molecule has 33 heavy (non-hydrogen) atoms. The molecule has 0 aromatic rings. The lowest BCUT2D eigenvalue weighted by atomic mass is 9.47. The van der Waals surface area contributed by atoms with Gasteiger partial charge in [0.25, 0.3) is 0 Å². The van der Waals surface area contributed by atoms with Crippen molar-refractivity contribution < 1.29 is 21.9 Å². The van der Waals surface area contributed by atoms with Crippen molar-refractivity contribution in [3.05, 3.63) is 11.6 Å². The van der Waals surface area contributed by atoms with E-state index in [1.54, 1.807) is 0 Å². The van der Waals surface area contributed by atoms with Crippen LogP contribution in [0.5, 0.6) is 0 Å². The van der Waals surface area contributed by atoms with Crippen molar-refractivity contribution in [3.8, 4) is 0 Å². The summed E-state index contributed by atoms with van der Waals surface area (Å²) in [5, 5.41) is 0. The van der Waals surface area contributed by atoms with E-state index < -0.39 is 16.5 Å². The van der Waals surface area contributed by atoms with E-state index >= 15 is 0 Å². The quantitative estimate of drug-likeness (QED) is 0.272. The van der Waals surface area contributed by atoms with Crippen LogP contribution in [-0.2, 0) is 19.3 Å². The Kier molecular flexibility index (Phi) is 5.91. The molecule has 4 fully saturated rings. The van der Waals surface area contributed by atoms with E-state index in [0.29, 0.717) is 30.3 Å². The number of fused-ring (bicyclic) bond motifs is 5. The van der Waals surface area contributed by atoms with Gasteiger partial charge in [-0.1, -0.05) is 32.4 Å². The van der Waals surface area contributed by atoms with Crippen LogP contribution in [-0.4, -0.2) is 30.8 Å². The second-order valence-corrected chi connectivity index (χ2v) is 14.2. The summed E-state index contributed by atoms with van der Waals surface area (Å²) in [4.78, 5) is 0. The van der Waals surface area contributed by atoms with Gasteiger partial charge in [-0.15, -0.1) is 0 Å². The Bertz CT molecular complexity index is 909. The summed E-state index contributed by atoms with van der Waals surface area (Å²) in [6.07, 6.45) is 13.7. The molecule has 1 aliphatic heterocycles. The van der Waals surface area contributed by atoms with Crippen molar-refractivity contribution in [1.82, 2.24) is 0 Å². The number of allylic oxidation sites excluding steroid dienone is 1. The molecule has 9 atom stereocenters. The molecule has 1 N–H and O–H groups in total. The minimum Gasteiger partial charge on any atom is -0.367 e. The molecule has 0 radical (unpaired) electrons. The summed E-state index contributed by atoms with van der Waals surface area (Å²) < 4.78 is 42.4. The molecule has 1 saturated heterocycles. The van der Waals surface area contributed by atoms with Crippen LogP contribution in [0.25, 0.3) is 0 Å². The van der Waals surface area contributed by atoms with Gasteiger partial charge in [0, 0.05) is 0 Å². The molecule has 5 aliphatic rings. The lowest BCUT2D eigenvalue weighted by Gasteiger charge is -2.58. The molecule has 0 amide bonds. The molecule has 1 heterocycles. The maximum Gasteiger partial charge on any atom is 0.397 e. The molecular weight excluding hydrogens is 436 g/mol. The van der Waals surface area contributed by atoms with Crippen molar-refractivity contribution in [3.63, 3.8) is 0 Å². The Balaban J connectivity index is 1.28. The molecule has 188 valence electrons. The van der Waals surface area contributed by atoms with Crippen LogP contribution in [0.4, 0.5) is 0 Å². The first-order valence-electron chi connectivity index (χ1n) is 13.4. The number of hydrogen-bond donors (Lipinski definition) is 1. The maximum absolute atomic E-state index is 11.2. The van der Waals surface area contributed by atoms with Crippen LogP contribution in [0.15, 0.2) is 11.6 Å². The smallest absolute Gasteiger partial charge is 0.367 e. The maximum atomic E-state index is 11.2. The van der Waals surface area contributed by atoms with Crippen LogP contribution >= 0.6 is 0 Å². The molecule has 4 aliphatic carbocycles. The standard InChI is InChI=1S/C27H44O5S/c1-17(6-11-24-25(2,3)31-24)21-9-10-22-20-8-7-18-16-19(32-33(28,29)30)12-14-26(18,4)23(20)13-15-27(21,22)5/h7,17,19-24H,6,8-16H2,1-5H3,(H,28,29,30)/t17-,19+,20+,21?,22+,23+,24?,26+,27-/m1/s1. The molecule has 0 bridgehead atoms. The number of hydrogen-bond acceptors (Lipinski definition) is 4. The van der Waals surface area contributed by atoms with Crippen molar-refractivity contribution in [2.75, 3.05) is 0 Å². The molecular formula is C27H44O5S.